The molecule has 27 heavy (non-hydrogen) atoms. The molecule has 0 fully saturated rings. The fourth-order valence-corrected chi connectivity index (χ4v) is 3.51. The zero-order valence-corrected chi connectivity index (χ0v) is 18.6. The molecular formula is C23H44ClNO2. The largest absolute Gasteiger partial charge is 0.511 e. The minimum Gasteiger partial charge on any atom is -0.511 e. The first-order valence-electron chi connectivity index (χ1n) is 11.1. The molecule has 0 aliphatic heterocycles. The maximum Gasteiger partial charge on any atom is 0.112 e. The number of halogens is 1. The molecule has 2 atom stereocenters. The number of hydrogen-bond acceptors (Lipinski definition) is 3. The Kier molecular flexibility index (Phi) is 16.1. The maximum absolute atomic E-state index is 9.74. The van der Waals surface area contributed by atoms with E-state index >= 15 is 0 Å². The molecule has 0 aromatic carbocycles. The van der Waals surface area contributed by atoms with Crippen LogP contribution in [0.25, 0.3) is 0 Å². The van der Waals surface area contributed by atoms with Crippen LogP contribution in [0.5, 0.6) is 0 Å². The van der Waals surface area contributed by atoms with Gasteiger partial charge in [0, 0.05) is 6.61 Å². The third-order valence-electron chi connectivity index (χ3n) is 5.32. The molecule has 1 rings (SSSR count). The number of unbranched alkanes of at least 4 members (excludes halogenated alkanes) is 13. The van der Waals surface area contributed by atoms with Crippen molar-refractivity contribution in [2.45, 2.75) is 115 Å². The van der Waals surface area contributed by atoms with Crippen molar-refractivity contribution in [1.29, 1.82) is 0 Å². The van der Waals surface area contributed by atoms with Crippen LogP contribution in [0.3, 0.4) is 0 Å². The number of hydrogen-bond donors (Lipinski definition) is 2. The van der Waals surface area contributed by atoms with Crippen molar-refractivity contribution >= 4 is 12.4 Å². The van der Waals surface area contributed by atoms with Gasteiger partial charge in [-0.25, -0.2) is 0 Å². The molecule has 1 aliphatic rings. The lowest BCUT2D eigenvalue weighted by Gasteiger charge is -2.27. The Morgan fingerprint density at radius 1 is 0.889 bits per heavy atom. The van der Waals surface area contributed by atoms with Gasteiger partial charge in [0.1, 0.15) is 11.4 Å². The molecule has 0 saturated heterocycles. The average molecular weight is 402 g/mol. The van der Waals surface area contributed by atoms with E-state index in [9.17, 15) is 5.11 Å². The van der Waals surface area contributed by atoms with Crippen molar-refractivity contribution < 1.29 is 9.84 Å². The van der Waals surface area contributed by atoms with E-state index in [4.69, 9.17) is 10.5 Å². The van der Waals surface area contributed by atoms with Crippen LogP contribution in [0.1, 0.15) is 104 Å². The van der Waals surface area contributed by atoms with Gasteiger partial charge in [-0.05, 0) is 19.4 Å². The molecule has 0 spiro atoms. The first kappa shape index (κ1) is 26.5. The lowest BCUT2D eigenvalue weighted by atomic mass is 9.96. The van der Waals surface area contributed by atoms with Gasteiger partial charge in [-0.15, -0.1) is 12.4 Å². The standard InChI is InChI=1S/C23H43NO2.ClH/c1-3-4-5-6-7-8-9-10-11-12-13-14-15-16-19-26-23(2)18-17-21(24)22(25)20-23;/h17-18,20-21,25H,3-16,19,24H2,1-2H3;1H. The predicted molar refractivity (Wildman–Crippen MR) is 120 cm³/mol. The summed E-state index contributed by atoms with van der Waals surface area (Å²) in [7, 11) is 0. The summed E-state index contributed by atoms with van der Waals surface area (Å²) in [6, 6.07) is -0.382. The molecule has 0 radical (unpaired) electrons. The topological polar surface area (TPSA) is 55.5 Å². The van der Waals surface area contributed by atoms with Crippen molar-refractivity contribution in [2.24, 2.45) is 5.73 Å². The monoisotopic (exact) mass is 401 g/mol. The molecule has 4 heteroatoms. The van der Waals surface area contributed by atoms with Crippen molar-refractivity contribution in [3.63, 3.8) is 0 Å². The summed E-state index contributed by atoms with van der Waals surface area (Å²) in [5, 5.41) is 9.74. The first-order valence-corrected chi connectivity index (χ1v) is 11.1. The SMILES string of the molecule is CCCCCCCCCCCCCCCCOC1(C)C=CC(N)C(O)=C1.Cl. The summed E-state index contributed by atoms with van der Waals surface area (Å²) in [5.74, 6) is 0.205. The van der Waals surface area contributed by atoms with Crippen LogP contribution in [-0.2, 0) is 4.74 Å². The second-order valence-electron chi connectivity index (χ2n) is 8.08. The second-order valence-corrected chi connectivity index (χ2v) is 8.08. The molecule has 0 bridgehead atoms. The molecule has 0 aromatic rings. The third-order valence-corrected chi connectivity index (χ3v) is 5.32. The average Bonchev–Trinajstić information content (AvgIpc) is 2.62. The smallest absolute Gasteiger partial charge is 0.112 e. The Bertz CT molecular complexity index is 411. The van der Waals surface area contributed by atoms with Gasteiger partial charge in [0.15, 0.2) is 0 Å². The van der Waals surface area contributed by atoms with Crippen LogP contribution in [-0.4, -0.2) is 23.4 Å². The highest BCUT2D eigenvalue weighted by atomic mass is 35.5. The van der Waals surface area contributed by atoms with Gasteiger partial charge in [0.2, 0.25) is 0 Å². The number of nitrogens with two attached hydrogens (primary N) is 1. The maximum atomic E-state index is 9.74. The van der Waals surface area contributed by atoms with Crippen molar-refractivity contribution in [1.82, 2.24) is 0 Å². The number of ether oxygens (including phenoxy) is 1. The second kappa shape index (κ2) is 16.4. The Morgan fingerprint density at radius 2 is 1.33 bits per heavy atom. The first-order chi connectivity index (χ1) is 12.6. The van der Waals surface area contributed by atoms with Gasteiger partial charge in [-0.1, -0.05) is 103 Å². The molecular weight excluding hydrogens is 358 g/mol. The highest BCUT2D eigenvalue weighted by molar-refractivity contribution is 5.85. The Balaban J connectivity index is 0.00000676. The minimum absolute atomic E-state index is 0. The summed E-state index contributed by atoms with van der Waals surface area (Å²) in [5.41, 5.74) is 5.22. The summed E-state index contributed by atoms with van der Waals surface area (Å²) >= 11 is 0. The van der Waals surface area contributed by atoms with E-state index in [0.29, 0.717) is 0 Å². The lowest BCUT2D eigenvalue weighted by Crippen LogP contribution is -2.33. The van der Waals surface area contributed by atoms with E-state index < -0.39 is 5.60 Å². The summed E-state index contributed by atoms with van der Waals surface area (Å²) in [4.78, 5) is 0. The normalized spacial score (nSPS) is 21.7. The minimum atomic E-state index is -0.503. The molecule has 160 valence electrons. The van der Waals surface area contributed by atoms with Gasteiger partial charge in [-0.2, -0.15) is 0 Å². The lowest BCUT2D eigenvalue weighted by molar-refractivity contribution is 0.0342. The van der Waals surface area contributed by atoms with Crippen LogP contribution in [0.4, 0.5) is 0 Å². The Hall–Kier alpha value is -0.510. The van der Waals surface area contributed by atoms with Gasteiger partial charge in [0.25, 0.3) is 0 Å². The fraction of sp³-hybridized carbons (Fsp3) is 0.826. The van der Waals surface area contributed by atoms with Crippen LogP contribution in [0.2, 0.25) is 0 Å². The van der Waals surface area contributed by atoms with Gasteiger partial charge in [0.05, 0.1) is 6.04 Å². The molecule has 3 nitrogen and oxygen atoms in total. The molecule has 0 aromatic heterocycles. The third kappa shape index (κ3) is 13.3. The van der Waals surface area contributed by atoms with Crippen LogP contribution in [0, 0.1) is 0 Å². The number of rotatable bonds is 16. The van der Waals surface area contributed by atoms with E-state index in [1.807, 2.05) is 13.0 Å². The van der Waals surface area contributed by atoms with E-state index in [1.54, 1.807) is 12.2 Å². The molecule has 2 unspecified atom stereocenters. The van der Waals surface area contributed by atoms with Gasteiger partial charge in [-0.3, -0.25) is 0 Å². The zero-order valence-electron chi connectivity index (χ0n) is 17.8. The van der Waals surface area contributed by atoms with E-state index in [0.717, 1.165) is 13.0 Å². The molecule has 0 saturated carbocycles. The summed E-state index contributed by atoms with van der Waals surface area (Å²) < 4.78 is 5.92. The molecule has 3 N–H and O–H groups in total. The highest BCUT2D eigenvalue weighted by Crippen LogP contribution is 2.22. The quantitative estimate of drug-likeness (QED) is 0.216. The summed E-state index contributed by atoms with van der Waals surface area (Å²) in [6.45, 7) is 4.98. The molecule has 1 aliphatic carbocycles. The molecule has 0 heterocycles. The number of aliphatic hydroxyl groups excluding tert-OH is 1. The Labute approximate surface area is 174 Å². The number of aliphatic hydroxyl groups is 1. The van der Waals surface area contributed by atoms with Crippen LogP contribution >= 0.6 is 12.4 Å². The van der Waals surface area contributed by atoms with Crippen LogP contribution < -0.4 is 5.73 Å². The zero-order chi connectivity index (χ0) is 19.1. The fourth-order valence-electron chi connectivity index (χ4n) is 3.51. The van der Waals surface area contributed by atoms with E-state index in [1.165, 1.54) is 83.5 Å². The van der Waals surface area contributed by atoms with Crippen LogP contribution in [0.15, 0.2) is 24.0 Å². The summed E-state index contributed by atoms with van der Waals surface area (Å²) in [6.07, 6.45) is 24.6. The van der Waals surface area contributed by atoms with Gasteiger partial charge < -0.3 is 15.6 Å². The Morgan fingerprint density at radius 3 is 1.78 bits per heavy atom. The van der Waals surface area contributed by atoms with Crippen molar-refractivity contribution in [3.8, 4) is 0 Å². The van der Waals surface area contributed by atoms with Gasteiger partial charge >= 0.3 is 0 Å². The van der Waals surface area contributed by atoms with Crippen molar-refractivity contribution in [3.05, 3.63) is 24.0 Å². The van der Waals surface area contributed by atoms with Crippen molar-refractivity contribution in [2.75, 3.05) is 6.61 Å². The van der Waals surface area contributed by atoms with E-state index in [-0.39, 0.29) is 24.2 Å². The highest BCUT2D eigenvalue weighted by Gasteiger charge is 2.25. The predicted octanol–water partition coefficient (Wildman–Crippen LogP) is 7.00. The van der Waals surface area contributed by atoms with E-state index in [2.05, 4.69) is 6.92 Å². The molecule has 0 amide bonds.